The number of benzene rings is 2. The van der Waals surface area contributed by atoms with Gasteiger partial charge in [-0.3, -0.25) is 0 Å². The number of nitrogens with one attached hydrogen (secondary N) is 1. The Balaban J connectivity index is 1.49. The number of carboxylic acid groups (broad SMARTS) is 1. The molecule has 0 saturated carbocycles. The number of carbonyl (C=O) groups is 2. The predicted molar refractivity (Wildman–Crippen MR) is 133 cm³/mol. The molecule has 0 saturated heterocycles. The summed E-state index contributed by atoms with van der Waals surface area (Å²) in [4.78, 5) is 24.5. The molecule has 36 heavy (non-hydrogen) atoms. The number of hydrogen-bond acceptors (Lipinski definition) is 11. The second-order valence-electron chi connectivity index (χ2n) is 7.54. The van der Waals surface area contributed by atoms with E-state index in [1.54, 1.807) is 19.1 Å². The quantitative estimate of drug-likeness (QED) is 0.259. The highest BCUT2D eigenvalue weighted by Crippen LogP contribution is 2.38. The van der Waals surface area contributed by atoms with E-state index >= 15 is 0 Å². The van der Waals surface area contributed by atoms with E-state index in [-0.39, 0.29) is 12.2 Å². The molecule has 1 aliphatic rings. The topological polar surface area (TPSA) is 145 Å². The minimum atomic E-state index is -1.04. The fourth-order valence-corrected chi connectivity index (χ4v) is 5.54. The van der Waals surface area contributed by atoms with Gasteiger partial charge in [-0.2, -0.15) is 4.68 Å². The van der Waals surface area contributed by atoms with Crippen molar-refractivity contribution in [2.24, 2.45) is 0 Å². The molecule has 2 N–H and O–H groups in total. The Morgan fingerprint density at radius 1 is 1.11 bits per heavy atom. The first-order chi connectivity index (χ1) is 17.5. The SMILES string of the molecule is CCOC(=O)C1=C(CSc2nnc(-c3ccccc3)s2)Nc2nnnn2C1c1ccc(C(=O)O)cc1. The highest BCUT2D eigenvalue weighted by atomic mass is 32.2. The van der Waals surface area contributed by atoms with Crippen LogP contribution in [0.15, 0.2) is 70.2 Å². The summed E-state index contributed by atoms with van der Waals surface area (Å²) in [5.74, 6) is -0.849. The van der Waals surface area contributed by atoms with Crippen LogP contribution in [0.3, 0.4) is 0 Å². The zero-order valence-electron chi connectivity index (χ0n) is 18.9. The van der Waals surface area contributed by atoms with Gasteiger partial charge < -0.3 is 15.2 Å². The van der Waals surface area contributed by atoms with E-state index in [0.717, 1.165) is 14.9 Å². The summed E-state index contributed by atoms with van der Waals surface area (Å²) in [5, 5.41) is 33.7. The fourth-order valence-electron chi connectivity index (χ4n) is 3.71. The van der Waals surface area contributed by atoms with Gasteiger partial charge in [0.1, 0.15) is 11.0 Å². The third-order valence-electron chi connectivity index (χ3n) is 5.33. The molecule has 0 bridgehead atoms. The van der Waals surface area contributed by atoms with Crippen molar-refractivity contribution < 1.29 is 19.4 Å². The van der Waals surface area contributed by atoms with Gasteiger partial charge in [0.15, 0.2) is 4.34 Å². The molecule has 0 radical (unpaired) electrons. The molecule has 0 spiro atoms. The lowest BCUT2D eigenvalue weighted by Gasteiger charge is -2.28. The summed E-state index contributed by atoms with van der Waals surface area (Å²) in [5.41, 5.74) is 2.66. The predicted octanol–water partition coefficient (Wildman–Crippen LogP) is 3.51. The normalized spacial score (nSPS) is 14.8. The van der Waals surface area contributed by atoms with E-state index in [4.69, 9.17) is 4.74 Å². The molecule has 182 valence electrons. The van der Waals surface area contributed by atoms with Crippen LogP contribution in [0.2, 0.25) is 0 Å². The number of carboxylic acids is 1. The smallest absolute Gasteiger partial charge is 0.338 e. The summed E-state index contributed by atoms with van der Waals surface area (Å²) in [6.07, 6.45) is 0. The molecule has 1 aliphatic heterocycles. The van der Waals surface area contributed by atoms with Gasteiger partial charge in [0.05, 0.1) is 17.7 Å². The lowest BCUT2D eigenvalue weighted by atomic mass is 9.95. The Morgan fingerprint density at radius 3 is 2.61 bits per heavy atom. The Bertz CT molecular complexity index is 1430. The zero-order valence-corrected chi connectivity index (χ0v) is 20.5. The molecule has 2 aromatic heterocycles. The van der Waals surface area contributed by atoms with Crippen LogP contribution in [-0.2, 0) is 9.53 Å². The number of thioether (sulfide) groups is 1. The van der Waals surface area contributed by atoms with Gasteiger partial charge in [0, 0.05) is 17.0 Å². The zero-order chi connectivity index (χ0) is 25.1. The number of aromatic carboxylic acids is 1. The van der Waals surface area contributed by atoms with Crippen molar-refractivity contribution >= 4 is 41.0 Å². The molecule has 1 atom stereocenters. The van der Waals surface area contributed by atoms with Crippen LogP contribution in [0.25, 0.3) is 10.6 Å². The van der Waals surface area contributed by atoms with Crippen molar-refractivity contribution in [1.29, 1.82) is 0 Å². The van der Waals surface area contributed by atoms with Crippen LogP contribution < -0.4 is 5.32 Å². The molecular formula is C23H19N7O4S2. The van der Waals surface area contributed by atoms with Gasteiger partial charge in [0.2, 0.25) is 5.95 Å². The summed E-state index contributed by atoms with van der Waals surface area (Å²) in [6, 6.07) is 15.3. The second-order valence-corrected chi connectivity index (χ2v) is 9.74. The lowest BCUT2D eigenvalue weighted by molar-refractivity contribution is -0.139. The molecule has 3 heterocycles. The van der Waals surface area contributed by atoms with E-state index in [1.165, 1.54) is 39.9 Å². The van der Waals surface area contributed by atoms with E-state index < -0.39 is 18.0 Å². The number of tetrazole rings is 1. The summed E-state index contributed by atoms with van der Waals surface area (Å²) < 4.78 is 7.60. The largest absolute Gasteiger partial charge is 0.478 e. The third-order valence-corrected chi connectivity index (χ3v) is 7.47. The highest BCUT2D eigenvalue weighted by molar-refractivity contribution is 8.01. The van der Waals surface area contributed by atoms with Crippen molar-refractivity contribution in [2.45, 2.75) is 17.3 Å². The number of carbonyl (C=O) groups excluding carboxylic acids is 1. The molecule has 0 fully saturated rings. The number of rotatable bonds is 8. The van der Waals surface area contributed by atoms with E-state index in [1.807, 2.05) is 30.3 Å². The minimum Gasteiger partial charge on any atom is -0.478 e. The van der Waals surface area contributed by atoms with Crippen molar-refractivity contribution in [2.75, 3.05) is 17.7 Å². The van der Waals surface area contributed by atoms with Gasteiger partial charge in [-0.05, 0) is 35.0 Å². The van der Waals surface area contributed by atoms with Crippen LogP contribution in [0.1, 0.15) is 28.9 Å². The molecule has 11 nitrogen and oxygen atoms in total. The number of aromatic nitrogens is 6. The van der Waals surface area contributed by atoms with Crippen LogP contribution in [0.5, 0.6) is 0 Å². The Kier molecular flexibility index (Phi) is 6.73. The summed E-state index contributed by atoms with van der Waals surface area (Å²) in [7, 11) is 0. The van der Waals surface area contributed by atoms with E-state index in [0.29, 0.717) is 28.5 Å². The van der Waals surface area contributed by atoms with Crippen LogP contribution >= 0.6 is 23.1 Å². The second kappa shape index (κ2) is 10.3. The van der Waals surface area contributed by atoms with Gasteiger partial charge >= 0.3 is 11.9 Å². The van der Waals surface area contributed by atoms with Crippen molar-refractivity contribution in [1.82, 2.24) is 30.4 Å². The first-order valence-electron chi connectivity index (χ1n) is 10.8. The van der Waals surface area contributed by atoms with E-state index in [2.05, 4.69) is 31.0 Å². The molecule has 0 aliphatic carbocycles. The Morgan fingerprint density at radius 2 is 1.89 bits per heavy atom. The number of esters is 1. The number of anilines is 1. The number of fused-ring (bicyclic) bond motifs is 1. The van der Waals surface area contributed by atoms with Gasteiger partial charge in [0.25, 0.3) is 0 Å². The Labute approximate surface area is 213 Å². The standard InChI is InChI=1S/C23H19N7O4S2/c1-2-34-21(33)17-16(12-35-23-27-25-19(36-23)14-6-4-3-5-7-14)24-22-26-28-29-30(22)18(17)13-8-10-15(11-9-13)20(31)32/h3-11,18H,2,12H2,1H3,(H,31,32)(H,24,26,29). The van der Waals surface area contributed by atoms with Gasteiger partial charge in [-0.1, -0.05) is 70.7 Å². The third kappa shape index (κ3) is 4.70. The molecule has 2 aromatic carbocycles. The summed E-state index contributed by atoms with van der Waals surface area (Å²) in [6.45, 7) is 1.92. The lowest BCUT2D eigenvalue weighted by Crippen LogP contribution is -2.31. The maximum Gasteiger partial charge on any atom is 0.338 e. The highest BCUT2D eigenvalue weighted by Gasteiger charge is 2.36. The first-order valence-corrected chi connectivity index (χ1v) is 12.7. The average Bonchev–Trinajstić information content (AvgIpc) is 3.57. The molecular weight excluding hydrogens is 502 g/mol. The molecule has 4 aromatic rings. The van der Waals surface area contributed by atoms with Crippen molar-refractivity contribution in [3.8, 4) is 10.6 Å². The van der Waals surface area contributed by atoms with Crippen LogP contribution in [0, 0.1) is 0 Å². The Hall–Kier alpha value is -4.10. The van der Waals surface area contributed by atoms with Crippen LogP contribution in [0.4, 0.5) is 5.95 Å². The van der Waals surface area contributed by atoms with Crippen LogP contribution in [-0.4, -0.2) is 59.8 Å². The number of nitrogens with zero attached hydrogens (tertiary/aromatic N) is 6. The minimum absolute atomic E-state index is 0.132. The molecule has 13 heteroatoms. The molecule has 1 unspecified atom stereocenters. The number of ether oxygens (including phenoxy) is 1. The maximum atomic E-state index is 13.2. The van der Waals surface area contributed by atoms with Gasteiger partial charge in [-0.15, -0.1) is 10.2 Å². The van der Waals surface area contributed by atoms with E-state index in [9.17, 15) is 14.7 Å². The van der Waals surface area contributed by atoms with Gasteiger partial charge in [-0.25, -0.2) is 9.59 Å². The maximum absolute atomic E-state index is 13.2. The molecule has 5 rings (SSSR count). The van der Waals surface area contributed by atoms with Crippen molar-refractivity contribution in [3.05, 3.63) is 77.0 Å². The fraction of sp³-hybridized carbons (Fsp3) is 0.174. The number of hydrogen-bond donors (Lipinski definition) is 2. The first kappa shape index (κ1) is 23.6. The van der Waals surface area contributed by atoms with Crippen molar-refractivity contribution in [3.63, 3.8) is 0 Å². The average molecular weight is 522 g/mol. The molecule has 0 amide bonds. The monoisotopic (exact) mass is 521 g/mol. The summed E-state index contributed by atoms with van der Waals surface area (Å²) >= 11 is 2.88.